The topological polar surface area (TPSA) is 134 Å². The highest BCUT2D eigenvalue weighted by atomic mass is 31.2. The molecule has 432 valence electrons. The second kappa shape index (κ2) is 59.7. The summed E-state index contributed by atoms with van der Waals surface area (Å²) in [5.74, 6) is -0.829. The predicted molar refractivity (Wildman–Crippen MR) is 312 cm³/mol. The van der Waals surface area contributed by atoms with Crippen molar-refractivity contribution in [2.75, 3.05) is 26.4 Å². The molecule has 0 saturated carbocycles. The Kier molecular flexibility index (Phi) is 58.5. The van der Waals surface area contributed by atoms with E-state index in [2.05, 4.69) is 38.2 Å². The molecule has 0 bridgehead atoms. The van der Waals surface area contributed by atoms with E-state index in [-0.39, 0.29) is 38.6 Å². The van der Waals surface area contributed by atoms with Gasteiger partial charge in [-0.3, -0.25) is 18.6 Å². The normalized spacial score (nSPS) is 13.1. The zero-order valence-electron chi connectivity index (χ0n) is 48.4. The first-order valence-corrected chi connectivity index (χ1v) is 33.3. The van der Waals surface area contributed by atoms with Crippen LogP contribution in [0.3, 0.4) is 0 Å². The van der Waals surface area contributed by atoms with Gasteiger partial charge in [0.05, 0.1) is 13.2 Å². The molecule has 2 unspecified atom stereocenters. The maximum atomic E-state index is 12.6. The Morgan fingerprint density at radius 2 is 0.726 bits per heavy atom. The smallest absolute Gasteiger partial charge is 0.462 e. The van der Waals surface area contributed by atoms with Crippen LogP contribution in [0.2, 0.25) is 0 Å². The molecule has 73 heavy (non-hydrogen) atoms. The Morgan fingerprint density at radius 1 is 0.411 bits per heavy atom. The number of phosphoric ester groups is 1. The number of allylic oxidation sites excluding steroid dienone is 4. The summed E-state index contributed by atoms with van der Waals surface area (Å²) >= 11 is 0. The number of hydrogen-bond donors (Lipinski definition) is 2. The number of phosphoric acid groups is 1. The average Bonchev–Trinajstić information content (AvgIpc) is 3.38. The maximum Gasteiger partial charge on any atom is 0.472 e. The molecule has 0 aliphatic heterocycles. The van der Waals surface area contributed by atoms with Crippen molar-refractivity contribution in [1.29, 1.82) is 0 Å². The van der Waals surface area contributed by atoms with E-state index < -0.39 is 26.5 Å². The largest absolute Gasteiger partial charge is 0.472 e. The van der Waals surface area contributed by atoms with Crippen LogP contribution in [0.5, 0.6) is 0 Å². The van der Waals surface area contributed by atoms with E-state index >= 15 is 0 Å². The predicted octanol–water partition coefficient (Wildman–Crippen LogP) is 20.2. The Balaban J connectivity index is 3.71. The van der Waals surface area contributed by atoms with Crippen molar-refractivity contribution in [3.63, 3.8) is 0 Å². The number of carbonyl (C=O) groups excluding carboxylic acids is 2. The van der Waals surface area contributed by atoms with Crippen molar-refractivity contribution >= 4 is 19.8 Å². The second-order valence-electron chi connectivity index (χ2n) is 21.6. The number of esters is 2. The molecule has 0 radical (unpaired) electrons. The third-order valence-corrected chi connectivity index (χ3v) is 15.3. The number of rotatable bonds is 61. The third-order valence-electron chi connectivity index (χ3n) is 14.3. The molecule has 10 heteroatoms. The van der Waals surface area contributed by atoms with Crippen molar-refractivity contribution in [3.05, 3.63) is 24.3 Å². The molecule has 0 amide bonds. The number of hydrogen-bond acceptors (Lipinski definition) is 8. The molecule has 0 aliphatic carbocycles. The first kappa shape index (κ1) is 71.5. The molecule has 0 heterocycles. The molecule has 0 aromatic rings. The second-order valence-corrected chi connectivity index (χ2v) is 23.1. The minimum atomic E-state index is -4.39. The standard InChI is InChI=1S/C63H122NO8P/c1-3-5-7-9-11-13-15-17-19-20-21-22-23-24-25-26-27-28-29-30-31-32-33-34-35-36-37-38-39-40-41-42-44-45-47-49-51-53-55-62(65)69-59-61(60-71-73(67,68)70-58-57-64)72-63(66)56-54-52-50-48-46-43-18-16-14-12-10-8-6-4-2/h10,12,16,18,61H,3-9,11,13-15,17,19-60,64H2,1-2H3,(H,67,68)/b12-10-,18-16-. The van der Waals surface area contributed by atoms with Crippen LogP contribution in [0.25, 0.3) is 0 Å². The molecule has 3 N–H and O–H groups in total. The van der Waals surface area contributed by atoms with E-state index in [1.165, 1.54) is 238 Å². The Morgan fingerprint density at radius 3 is 1.08 bits per heavy atom. The fourth-order valence-electron chi connectivity index (χ4n) is 9.60. The zero-order valence-corrected chi connectivity index (χ0v) is 49.3. The van der Waals surface area contributed by atoms with Gasteiger partial charge in [0.25, 0.3) is 0 Å². The number of unbranched alkanes of at least 4 members (excludes halogenated alkanes) is 44. The first-order valence-electron chi connectivity index (χ1n) is 31.8. The van der Waals surface area contributed by atoms with Gasteiger partial charge in [-0.05, 0) is 38.5 Å². The van der Waals surface area contributed by atoms with E-state index in [9.17, 15) is 19.0 Å². The summed E-state index contributed by atoms with van der Waals surface area (Å²) in [6, 6.07) is 0. The van der Waals surface area contributed by atoms with Crippen LogP contribution in [0.4, 0.5) is 0 Å². The monoisotopic (exact) mass is 1050 g/mol. The van der Waals surface area contributed by atoms with Crippen LogP contribution in [0.1, 0.15) is 335 Å². The van der Waals surface area contributed by atoms with Crippen molar-refractivity contribution in [2.24, 2.45) is 5.73 Å². The van der Waals surface area contributed by atoms with Gasteiger partial charge in [-0.15, -0.1) is 0 Å². The van der Waals surface area contributed by atoms with Gasteiger partial charge in [-0.1, -0.05) is 308 Å². The van der Waals surface area contributed by atoms with E-state index in [1.807, 2.05) is 0 Å². The van der Waals surface area contributed by atoms with Gasteiger partial charge < -0.3 is 20.1 Å². The lowest BCUT2D eigenvalue weighted by molar-refractivity contribution is -0.161. The summed E-state index contributed by atoms with van der Waals surface area (Å²) in [4.78, 5) is 35.1. The lowest BCUT2D eigenvalue weighted by atomic mass is 10.0. The Labute approximate surface area is 452 Å². The molecular formula is C63H122NO8P. The number of nitrogens with two attached hydrogens (primary N) is 1. The van der Waals surface area contributed by atoms with Gasteiger partial charge in [0.1, 0.15) is 6.61 Å². The van der Waals surface area contributed by atoms with Crippen LogP contribution < -0.4 is 5.73 Å². The summed E-state index contributed by atoms with van der Waals surface area (Å²) in [5, 5.41) is 0. The lowest BCUT2D eigenvalue weighted by Gasteiger charge is -2.19. The highest BCUT2D eigenvalue weighted by Gasteiger charge is 2.26. The molecule has 0 fully saturated rings. The molecular weight excluding hydrogens is 930 g/mol. The SMILES string of the molecule is CCCC/C=C\C/C=C\CCCCCCCC(=O)OC(COC(=O)CCCCCCCCCCCCCCCCCCCCCCCCCCCCCCCCCCCCCCCC)COP(=O)(O)OCCN. The third kappa shape index (κ3) is 59.6. The molecule has 0 aliphatic rings. The van der Waals surface area contributed by atoms with Gasteiger partial charge in [0, 0.05) is 19.4 Å². The summed E-state index contributed by atoms with van der Waals surface area (Å²) in [5.41, 5.74) is 5.37. The van der Waals surface area contributed by atoms with Gasteiger partial charge in [0.2, 0.25) is 0 Å². The number of ether oxygens (including phenoxy) is 2. The van der Waals surface area contributed by atoms with Gasteiger partial charge >= 0.3 is 19.8 Å². The number of carbonyl (C=O) groups is 2. The lowest BCUT2D eigenvalue weighted by Crippen LogP contribution is -2.29. The highest BCUT2D eigenvalue weighted by molar-refractivity contribution is 7.47. The summed E-state index contributed by atoms with van der Waals surface area (Å²) in [6.45, 7) is 3.73. The highest BCUT2D eigenvalue weighted by Crippen LogP contribution is 2.43. The Hall–Kier alpha value is -1.51. The molecule has 0 aromatic heterocycles. The molecule has 0 aromatic carbocycles. The van der Waals surface area contributed by atoms with Crippen molar-refractivity contribution in [3.8, 4) is 0 Å². The molecule has 0 rings (SSSR count). The van der Waals surface area contributed by atoms with Crippen molar-refractivity contribution in [1.82, 2.24) is 0 Å². The van der Waals surface area contributed by atoms with Crippen LogP contribution in [0, 0.1) is 0 Å². The molecule has 9 nitrogen and oxygen atoms in total. The molecule has 2 atom stereocenters. The minimum absolute atomic E-state index is 0.0528. The summed E-state index contributed by atoms with van der Waals surface area (Å²) < 4.78 is 33.0. The molecule has 0 saturated heterocycles. The first-order chi connectivity index (χ1) is 35.8. The van der Waals surface area contributed by atoms with Crippen LogP contribution in [0.15, 0.2) is 24.3 Å². The van der Waals surface area contributed by atoms with E-state index in [0.29, 0.717) is 6.42 Å². The van der Waals surface area contributed by atoms with Gasteiger partial charge in [-0.2, -0.15) is 0 Å². The van der Waals surface area contributed by atoms with Crippen molar-refractivity contribution < 1.29 is 37.6 Å². The van der Waals surface area contributed by atoms with Crippen LogP contribution in [-0.4, -0.2) is 49.3 Å². The summed E-state index contributed by atoms with van der Waals surface area (Å²) in [6.07, 6.45) is 71.5. The average molecular weight is 1050 g/mol. The fraction of sp³-hybridized carbons (Fsp3) is 0.905. The van der Waals surface area contributed by atoms with Gasteiger partial charge in [-0.25, -0.2) is 4.57 Å². The minimum Gasteiger partial charge on any atom is -0.462 e. The van der Waals surface area contributed by atoms with E-state index in [4.69, 9.17) is 24.3 Å². The van der Waals surface area contributed by atoms with Crippen LogP contribution >= 0.6 is 7.82 Å². The van der Waals surface area contributed by atoms with Crippen LogP contribution in [-0.2, 0) is 32.7 Å². The van der Waals surface area contributed by atoms with Gasteiger partial charge in [0.15, 0.2) is 6.10 Å². The van der Waals surface area contributed by atoms with E-state index in [0.717, 1.165) is 64.2 Å². The quantitative estimate of drug-likeness (QED) is 0.0264. The Bertz CT molecular complexity index is 1250. The fourth-order valence-corrected chi connectivity index (χ4v) is 10.4. The van der Waals surface area contributed by atoms with E-state index in [1.54, 1.807) is 0 Å². The summed E-state index contributed by atoms with van der Waals surface area (Å²) in [7, 11) is -4.39. The van der Waals surface area contributed by atoms with Crippen molar-refractivity contribution in [2.45, 2.75) is 341 Å². The molecule has 0 spiro atoms. The zero-order chi connectivity index (χ0) is 53.1. The maximum absolute atomic E-state index is 12.6.